The molecule has 0 spiro atoms. The van der Waals surface area contributed by atoms with E-state index >= 15 is 4.39 Å². The van der Waals surface area contributed by atoms with E-state index < -0.39 is 17.8 Å². The molecule has 2 atom stereocenters. The van der Waals surface area contributed by atoms with E-state index in [4.69, 9.17) is 15.9 Å². The van der Waals surface area contributed by atoms with E-state index in [1.54, 1.807) is 14.2 Å². The number of alkyl halides is 1. The molecular formula is C33H36F3N5O3. The van der Waals surface area contributed by atoms with Gasteiger partial charge in [-0.25, -0.2) is 23.1 Å². The zero-order chi connectivity index (χ0) is 31.6. The zero-order valence-corrected chi connectivity index (χ0v) is 25.3. The lowest BCUT2D eigenvalue weighted by Crippen LogP contribution is -2.34. The molecule has 2 saturated heterocycles. The number of hydrogen-bond donors (Lipinski definition) is 2. The molecule has 1 unspecified atom stereocenters. The molecule has 2 N–H and O–H groups in total. The van der Waals surface area contributed by atoms with Gasteiger partial charge in [0.1, 0.15) is 34.8 Å². The molecule has 2 aliphatic heterocycles. The molecule has 2 aromatic heterocycles. The van der Waals surface area contributed by atoms with Gasteiger partial charge in [-0.1, -0.05) is 12.0 Å². The van der Waals surface area contributed by atoms with Crippen LogP contribution in [0.5, 0.6) is 11.8 Å². The summed E-state index contributed by atoms with van der Waals surface area (Å²) in [5.74, 6) is 1.05. The second-order valence-corrected chi connectivity index (χ2v) is 11.4. The van der Waals surface area contributed by atoms with Crippen molar-refractivity contribution in [1.29, 1.82) is 0 Å². The standard InChI is InChI=1S/C21H14F2N4O2.C8H14FN.C4H8O/c1-4-12-15(22)6-5-10-7-11(28)8-13(16(10)12)18-17(23)19-14(20(24-2)26-18)9-25-21(27-19)29-3;1-8-3-2-4-10(8)6-7(9)5-8;1-5-4-2-3-4/h1,5-9,28H,2-3H3,(H,24,26);7H,2-6H2,1H3;4H,2-3H2,1H3/t;7-,8?;/m.1./s1. The number of pyridine rings is 1. The average molecular weight is 608 g/mol. The lowest BCUT2D eigenvalue weighted by molar-refractivity contribution is 0.183. The van der Waals surface area contributed by atoms with Crippen molar-refractivity contribution in [2.45, 2.75) is 56.8 Å². The second kappa shape index (κ2) is 12.8. The van der Waals surface area contributed by atoms with Gasteiger partial charge in [0, 0.05) is 43.4 Å². The summed E-state index contributed by atoms with van der Waals surface area (Å²) in [5, 5.41) is 14.1. The molecule has 4 heterocycles. The van der Waals surface area contributed by atoms with Crippen LogP contribution in [0.2, 0.25) is 0 Å². The Hall–Kier alpha value is -4.14. The van der Waals surface area contributed by atoms with Crippen LogP contribution in [0.25, 0.3) is 32.9 Å². The fraction of sp³-hybridized carbons (Fsp3) is 0.424. The largest absolute Gasteiger partial charge is 0.508 e. The number of benzene rings is 2. The van der Waals surface area contributed by atoms with Gasteiger partial charge in [0.25, 0.3) is 0 Å². The minimum Gasteiger partial charge on any atom is -0.508 e. The minimum atomic E-state index is -0.779. The number of fused-ring (bicyclic) bond motifs is 3. The number of nitrogens with one attached hydrogen (secondary N) is 1. The maximum Gasteiger partial charge on any atom is 0.316 e. The van der Waals surface area contributed by atoms with Gasteiger partial charge in [-0.3, -0.25) is 4.90 Å². The van der Waals surface area contributed by atoms with Crippen molar-refractivity contribution >= 4 is 27.5 Å². The number of halogens is 3. The zero-order valence-electron chi connectivity index (χ0n) is 25.3. The smallest absolute Gasteiger partial charge is 0.316 e. The highest BCUT2D eigenvalue weighted by molar-refractivity contribution is 6.03. The first-order chi connectivity index (χ1) is 21.1. The van der Waals surface area contributed by atoms with E-state index in [0.29, 0.717) is 29.2 Å². The highest BCUT2D eigenvalue weighted by Gasteiger charge is 2.44. The molecule has 44 heavy (non-hydrogen) atoms. The number of hydrogen-bond acceptors (Lipinski definition) is 8. The van der Waals surface area contributed by atoms with Crippen LogP contribution < -0.4 is 10.1 Å². The summed E-state index contributed by atoms with van der Waals surface area (Å²) in [6.07, 6.45) is 12.8. The van der Waals surface area contributed by atoms with E-state index in [9.17, 15) is 13.9 Å². The van der Waals surface area contributed by atoms with E-state index in [1.807, 2.05) is 0 Å². The summed E-state index contributed by atoms with van der Waals surface area (Å²) in [7, 11) is 4.74. The van der Waals surface area contributed by atoms with Crippen LogP contribution >= 0.6 is 0 Å². The Bertz CT molecular complexity index is 1730. The Balaban J connectivity index is 0.000000207. The number of ether oxygens (including phenoxy) is 2. The third-order valence-electron chi connectivity index (χ3n) is 8.38. The summed E-state index contributed by atoms with van der Waals surface area (Å²) in [6.45, 7) is 4.01. The molecule has 4 aromatic rings. The molecular weight excluding hydrogens is 571 g/mol. The van der Waals surface area contributed by atoms with E-state index in [0.717, 1.165) is 13.0 Å². The van der Waals surface area contributed by atoms with Crippen molar-refractivity contribution in [3.8, 4) is 35.4 Å². The summed E-state index contributed by atoms with van der Waals surface area (Å²) >= 11 is 0. The molecule has 8 nitrogen and oxygen atoms in total. The Kier molecular flexibility index (Phi) is 9.13. The molecule has 0 bridgehead atoms. The first-order valence-corrected chi connectivity index (χ1v) is 14.5. The van der Waals surface area contributed by atoms with Gasteiger partial charge < -0.3 is 19.9 Å². The topological polar surface area (TPSA) is 92.6 Å². The monoisotopic (exact) mass is 607 g/mol. The van der Waals surface area contributed by atoms with Crippen LogP contribution in [-0.2, 0) is 4.74 Å². The van der Waals surface area contributed by atoms with Crippen LogP contribution in [0.1, 0.15) is 44.6 Å². The van der Waals surface area contributed by atoms with Crippen LogP contribution in [0.4, 0.5) is 19.0 Å². The highest BCUT2D eigenvalue weighted by atomic mass is 19.1. The van der Waals surface area contributed by atoms with Crippen molar-refractivity contribution in [3.63, 3.8) is 0 Å². The molecule has 0 radical (unpaired) electrons. The molecule has 2 aromatic carbocycles. The van der Waals surface area contributed by atoms with Gasteiger partial charge >= 0.3 is 6.01 Å². The van der Waals surface area contributed by atoms with E-state index in [1.165, 1.54) is 63.3 Å². The number of aromatic nitrogens is 3. The van der Waals surface area contributed by atoms with Crippen LogP contribution in [0, 0.1) is 24.0 Å². The molecule has 3 fully saturated rings. The lowest BCUT2D eigenvalue weighted by Gasteiger charge is -2.25. The fourth-order valence-electron chi connectivity index (χ4n) is 5.97. The van der Waals surface area contributed by atoms with Crippen molar-refractivity contribution in [3.05, 3.63) is 47.7 Å². The van der Waals surface area contributed by atoms with Gasteiger partial charge in [-0.15, -0.1) is 6.42 Å². The SMILES string of the molecule is C#Cc1c(F)ccc2cc(O)cc(-c3nc(NC)c4cnc(OC)nc4c3F)c12.CC12CCCN1C[C@H](F)C2.COC1CC1. The number of aromatic hydroxyl groups is 1. The van der Waals surface area contributed by atoms with E-state index in [-0.39, 0.29) is 45.0 Å². The Morgan fingerprint density at radius 3 is 2.57 bits per heavy atom. The molecule has 0 amide bonds. The lowest BCUT2D eigenvalue weighted by atomic mass is 9.95. The second-order valence-electron chi connectivity index (χ2n) is 11.4. The summed E-state index contributed by atoms with van der Waals surface area (Å²) in [5.41, 5.74) is 0.136. The van der Waals surface area contributed by atoms with Crippen LogP contribution in [0.3, 0.4) is 0 Å². The molecule has 7 rings (SSSR count). The third kappa shape index (κ3) is 6.23. The Morgan fingerprint density at radius 2 is 1.95 bits per heavy atom. The molecule has 1 aliphatic carbocycles. The number of nitrogens with zero attached hydrogens (tertiary/aromatic N) is 4. The molecule has 232 valence electrons. The fourth-order valence-corrected chi connectivity index (χ4v) is 5.97. The van der Waals surface area contributed by atoms with Crippen molar-refractivity contribution in [1.82, 2.24) is 19.9 Å². The predicted molar refractivity (Wildman–Crippen MR) is 165 cm³/mol. The number of terminal acetylenes is 1. The average Bonchev–Trinajstić information content (AvgIpc) is 3.73. The van der Waals surface area contributed by atoms with Crippen molar-refractivity contribution < 1.29 is 27.8 Å². The Morgan fingerprint density at radius 1 is 1.18 bits per heavy atom. The summed E-state index contributed by atoms with van der Waals surface area (Å²) in [4.78, 5) is 14.7. The number of phenolic OH excluding ortho intramolecular Hbond substituents is 1. The predicted octanol–water partition coefficient (Wildman–Crippen LogP) is 6.24. The first-order valence-electron chi connectivity index (χ1n) is 14.5. The van der Waals surface area contributed by atoms with Gasteiger partial charge in [0.15, 0.2) is 5.82 Å². The quantitative estimate of drug-likeness (QED) is 0.264. The van der Waals surface area contributed by atoms with E-state index in [2.05, 4.69) is 38.0 Å². The summed E-state index contributed by atoms with van der Waals surface area (Å²) < 4.78 is 52.6. The third-order valence-corrected chi connectivity index (χ3v) is 8.38. The van der Waals surface area contributed by atoms with Crippen molar-refractivity contribution in [2.75, 3.05) is 39.7 Å². The van der Waals surface area contributed by atoms with Crippen LogP contribution in [0.15, 0.2) is 30.5 Å². The number of rotatable bonds is 4. The van der Waals surface area contributed by atoms with Gasteiger partial charge in [-0.05, 0) is 69.2 Å². The number of methoxy groups -OCH3 is 2. The van der Waals surface area contributed by atoms with Gasteiger partial charge in [0.05, 0.1) is 24.2 Å². The molecule has 11 heteroatoms. The first kappa shape index (κ1) is 31.3. The van der Waals surface area contributed by atoms with Gasteiger partial charge in [0.2, 0.25) is 0 Å². The van der Waals surface area contributed by atoms with Crippen molar-refractivity contribution in [2.24, 2.45) is 0 Å². The normalized spacial score (nSPS) is 20.7. The molecule has 3 aliphatic rings. The number of anilines is 1. The van der Waals surface area contributed by atoms with Crippen LogP contribution in [-0.4, -0.2) is 77.1 Å². The Labute approximate surface area is 254 Å². The number of phenols is 1. The maximum atomic E-state index is 15.5. The maximum absolute atomic E-state index is 15.5. The van der Waals surface area contributed by atoms with Gasteiger partial charge in [-0.2, -0.15) is 4.98 Å². The highest BCUT2D eigenvalue weighted by Crippen LogP contribution is 2.40. The minimum absolute atomic E-state index is 0.0215. The molecule has 1 saturated carbocycles. The summed E-state index contributed by atoms with van der Waals surface area (Å²) in [6, 6.07) is 5.34.